The number of rotatable bonds is 4. The van der Waals surface area contributed by atoms with Gasteiger partial charge in [0.1, 0.15) is 0 Å². The van der Waals surface area contributed by atoms with Crippen molar-refractivity contribution in [3.05, 3.63) is 23.9 Å². The van der Waals surface area contributed by atoms with Gasteiger partial charge < -0.3 is 9.64 Å². The molecule has 1 aliphatic rings. The molecular weight excluding hydrogens is 242 g/mol. The number of carbonyl (C=O) groups excluding carboxylic acids is 1. The third kappa shape index (κ3) is 3.44. The number of ether oxygens (including phenoxy) is 1. The normalized spacial score (nSPS) is 17.1. The van der Waals surface area contributed by atoms with E-state index < -0.39 is 0 Å². The molecule has 0 atom stereocenters. The molecular formula is C14H21N3O2. The van der Waals surface area contributed by atoms with Crippen molar-refractivity contribution in [2.75, 3.05) is 26.7 Å². The van der Waals surface area contributed by atoms with Crippen molar-refractivity contribution >= 4 is 5.91 Å². The Hall–Kier alpha value is -1.62. The number of methoxy groups -OCH3 is 1. The molecule has 0 saturated carbocycles. The number of amides is 1. The van der Waals surface area contributed by atoms with E-state index >= 15 is 0 Å². The quantitative estimate of drug-likeness (QED) is 0.817. The lowest BCUT2D eigenvalue weighted by Gasteiger charge is -2.36. The Morgan fingerprint density at radius 3 is 2.68 bits per heavy atom. The van der Waals surface area contributed by atoms with Crippen LogP contribution >= 0.6 is 0 Å². The molecule has 5 heteroatoms. The molecule has 2 heterocycles. The van der Waals surface area contributed by atoms with Crippen LogP contribution in [0.2, 0.25) is 0 Å². The van der Waals surface area contributed by atoms with Crippen LogP contribution in [0.25, 0.3) is 0 Å². The lowest BCUT2D eigenvalue weighted by atomic mass is 10.2. The molecule has 1 aromatic heterocycles. The van der Waals surface area contributed by atoms with E-state index in [0.29, 0.717) is 12.4 Å². The summed E-state index contributed by atoms with van der Waals surface area (Å²) >= 11 is 0. The Kier molecular flexibility index (Phi) is 4.37. The van der Waals surface area contributed by atoms with Gasteiger partial charge in [0, 0.05) is 37.9 Å². The number of hydrogen-bond donors (Lipinski definition) is 0. The minimum atomic E-state index is 0.211. The van der Waals surface area contributed by atoms with E-state index in [0.717, 1.165) is 25.2 Å². The van der Waals surface area contributed by atoms with E-state index in [2.05, 4.69) is 23.7 Å². The number of pyridine rings is 1. The second kappa shape index (κ2) is 6.02. The van der Waals surface area contributed by atoms with Gasteiger partial charge in [0.05, 0.1) is 13.7 Å². The molecule has 0 aromatic carbocycles. The van der Waals surface area contributed by atoms with Gasteiger partial charge >= 0.3 is 0 Å². The van der Waals surface area contributed by atoms with Crippen LogP contribution in [-0.4, -0.2) is 53.5 Å². The average molecular weight is 263 g/mol. The first-order valence-corrected chi connectivity index (χ1v) is 6.61. The monoisotopic (exact) mass is 263 g/mol. The maximum atomic E-state index is 12.0. The predicted molar refractivity (Wildman–Crippen MR) is 72.9 cm³/mol. The van der Waals surface area contributed by atoms with E-state index in [1.165, 1.54) is 0 Å². The molecule has 0 N–H and O–H groups in total. The zero-order valence-electron chi connectivity index (χ0n) is 11.8. The molecule has 0 spiro atoms. The fourth-order valence-electron chi connectivity index (χ4n) is 2.30. The second-order valence-corrected chi connectivity index (χ2v) is 5.10. The summed E-state index contributed by atoms with van der Waals surface area (Å²) in [4.78, 5) is 20.3. The maximum absolute atomic E-state index is 12.0. The van der Waals surface area contributed by atoms with Gasteiger partial charge in [-0.05, 0) is 19.4 Å². The van der Waals surface area contributed by atoms with Crippen molar-refractivity contribution in [1.29, 1.82) is 0 Å². The van der Waals surface area contributed by atoms with Crippen LogP contribution in [-0.2, 0) is 11.3 Å². The third-order valence-electron chi connectivity index (χ3n) is 3.37. The van der Waals surface area contributed by atoms with Crippen LogP contribution < -0.4 is 4.74 Å². The van der Waals surface area contributed by atoms with Gasteiger partial charge in [-0.2, -0.15) is 0 Å². The topological polar surface area (TPSA) is 45.7 Å². The summed E-state index contributed by atoms with van der Waals surface area (Å²) in [6.07, 6.45) is 1.80. The molecule has 1 saturated heterocycles. The highest BCUT2D eigenvalue weighted by atomic mass is 16.5. The number of piperazine rings is 1. The molecule has 1 aliphatic heterocycles. The minimum Gasteiger partial charge on any atom is -0.481 e. The maximum Gasteiger partial charge on any atom is 0.237 e. The number of carbonyl (C=O) groups is 1. The summed E-state index contributed by atoms with van der Waals surface area (Å²) in [6, 6.07) is 4.13. The van der Waals surface area contributed by atoms with Gasteiger partial charge in [0.25, 0.3) is 0 Å². The summed E-state index contributed by atoms with van der Waals surface area (Å²) in [7, 11) is 1.60. The van der Waals surface area contributed by atoms with Crippen molar-refractivity contribution in [1.82, 2.24) is 14.8 Å². The van der Waals surface area contributed by atoms with E-state index in [9.17, 15) is 4.79 Å². The van der Waals surface area contributed by atoms with Gasteiger partial charge in [0.15, 0.2) is 0 Å². The van der Waals surface area contributed by atoms with Crippen LogP contribution in [0.1, 0.15) is 19.4 Å². The molecule has 0 radical (unpaired) electrons. The molecule has 19 heavy (non-hydrogen) atoms. The fraction of sp³-hybridized carbons (Fsp3) is 0.571. The highest BCUT2D eigenvalue weighted by Crippen LogP contribution is 2.12. The Morgan fingerprint density at radius 2 is 2.16 bits per heavy atom. The molecule has 104 valence electrons. The highest BCUT2D eigenvalue weighted by molar-refractivity contribution is 5.79. The molecule has 2 rings (SSSR count). The van der Waals surface area contributed by atoms with Crippen molar-refractivity contribution in [2.24, 2.45) is 0 Å². The van der Waals surface area contributed by atoms with Gasteiger partial charge in [-0.15, -0.1) is 0 Å². The highest BCUT2D eigenvalue weighted by Gasteiger charge is 2.25. The third-order valence-corrected chi connectivity index (χ3v) is 3.37. The summed E-state index contributed by atoms with van der Waals surface area (Å²) < 4.78 is 5.03. The van der Waals surface area contributed by atoms with Gasteiger partial charge in [-0.25, -0.2) is 4.98 Å². The molecule has 1 aromatic rings. The Balaban J connectivity index is 1.92. The minimum absolute atomic E-state index is 0.211. The molecule has 0 bridgehead atoms. The van der Waals surface area contributed by atoms with Crippen molar-refractivity contribution in [2.45, 2.75) is 26.4 Å². The van der Waals surface area contributed by atoms with Crippen LogP contribution in [0.4, 0.5) is 0 Å². The summed E-state index contributed by atoms with van der Waals surface area (Å²) in [5.74, 6) is 0.826. The van der Waals surface area contributed by atoms with Gasteiger partial charge in [0.2, 0.25) is 11.8 Å². The Morgan fingerprint density at radius 1 is 1.37 bits per heavy atom. The zero-order chi connectivity index (χ0) is 13.8. The Bertz CT molecular complexity index is 431. The first-order valence-electron chi connectivity index (χ1n) is 6.61. The Labute approximate surface area is 114 Å². The van der Waals surface area contributed by atoms with Crippen LogP contribution in [0.5, 0.6) is 5.88 Å². The molecule has 0 unspecified atom stereocenters. The van der Waals surface area contributed by atoms with Crippen LogP contribution in [0, 0.1) is 0 Å². The van der Waals surface area contributed by atoms with E-state index in [4.69, 9.17) is 4.74 Å². The predicted octanol–water partition coefficient (Wildman–Crippen LogP) is 1.14. The summed E-state index contributed by atoms with van der Waals surface area (Å²) in [6.45, 7) is 7.08. The summed E-state index contributed by atoms with van der Waals surface area (Å²) in [5.41, 5.74) is 1.10. The lowest BCUT2D eigenvalue weighted by molar-refractivity contribution is -0.138. The van der Waals surface area contributed by atoms with E-state index in [-0.39, 0.29) is 11.9 Å². The first kappa shape index (κ1) is 13.8. The average Bonchev–Trinajstić information content (AvgIpc) is 2.39. The number of hydrogen-bond acceptors (Lipinski definition) is 4. The zero-order valence-corrected chi connectivity index (χ0v) is 11.8. The van der Waals surface area contributed by atoms with Crippen molar-refractivity contribution in [3.63, 3.8) is 0 Å². The van der Waals surface area contributed by atoms with Crippen LogP contribution in [0.3, 0.4) is 0 Å². The fourth-order valence-corrected chi connectivity index (χ4v) is 2.30. The first-order chi connectivity index (χ1) is 9.10. The van der Waals surface area contributed by atoms with Gasteiger partial charge in [-0.3, -0.25) is 9.69 Å². The lowest BCUT2D eigenvalue weighted by Crippen LogP contribution is -2.52. The summed E-state index contributed by atoms with van der Waals surface area (Å²) in [5, 5.41) is 0. The smallest absolute Gasteiger partial charge is 0.237 e. The van der Waals surface area contributed by atoms with Crippen molar-refractivity contribution in [3.8, 4) is 5.88 Å². The number of nitrogens with zero attached hydrogens (tertiary/aromatic N) is 3. The SMILES string of the molecule is COc1ccc(CN2CCN(C(C)C)C(=O)C2)cn1. The van der Waals surface area contributed by atoms with Gasteiger partial charge in [-0.1, -0.05) is 6.07 Å². The standard InChI is InChI=1S/C14H21N3O2/c1-11(2)17-7-6-16(10-14(17)18)9-12-4-5-13(19-3)15-8-12/h4-5,8,11H,6-7,9-10H2,1-3H3. The van der Waals surface area contributed by atoms with Crippen molar-refractivity contribution < 1.29 is 9.53 Å². The molecule has 5 nitrogen and oxygen atoms in total. The second-order valence-electron chi connectivity index (χ2n) is 5.10. The van der Waals surface area contributed by atoms with E-state index in [1.807, 2.05) is 17.0 Å². The largest absolute Gasteiger partial charge is 0.481 e. The molecule has 1 amide bonds. The number of aromatic nitrogens is 1. The van der Waals surface area contributed by atoms with E-state index in [1.54, 1.807) is 13.3 Å². The molecule has 0 aliphatic carbocycles. The molecule has 1 fully saturated rings. The van der Waals surface area contributed by atoms with Crippen LogP contribution in [0.15, 0.2) is 18.3 Å².